The molecule has 0 saturated heterocycles. The highest BCUT2D eigenvalue weighted by Crippen LogP contribution is 2.55. The lowest BCUT2D eigenvalue weighted by Crippen LogP contribution is -2.43. The van der Waals surface area contributed by atoms with Crippen molar-refractivity contribution in [1.29, 1.82) is 0 Å². The largest absolute Gasteiger partial charge is 0.0654 e. The Balaban J connectivity index is 2.54. The van der Waals surface area contributed by atoms with E-state index in [-0.39, 0.29) is 0 Å². The molecule has 0 N–H and O–H groups in total. The number of hydrogen-bond acceptors (Lipinski definition) is 0. The fourth-order valence-corrected chi connectivity index (χ4v) is 3.13. The fraction of sp³-hybridized carbons (Fsp3) is 1.00. The Morgan fingerprint density at radius 2 is 2.08 bits per heavy atom. The molecule has 1 fully saturated rings. The van der Waals surface area contributed by atoms with Gasteiger partial charge in [-0.15, -0.1) is 0 Å². The molecule has 1 aliphatic carbocycles. The van der Waals surface area contributed by atoms with Gasteiger partial charge in [0.1, 0.15) is 0 Å². The first kappa shape index (κ1) is 10.1. The first-order valence-corrected chi connectivity index (χ1v) is 5.67. The van der Waals surface area contributed by atoms with Crippen LogP contribution in [0.5, 0.6) is 0 Å². The van der Waals surface area contributed by atoms with Gasteiger partial charge in [-0.25, -0.2) is 0 Å². The molecule has 12 heavy (non-hydrogen) atoms. The average Bonchev–Trinajstić information content (AvgIpc) is 2.04. The predicted octanol–water partition coefficient (Wildman–Crippen LogP) is 4.25. The molecule has 1 aliphatic rings. The van der Waals surface area contributed by atoms with E-state index in [0.717, 1.165) is 17.3 Å². The van der Waals surface area contributed by atoms with Crippen LogP contribution in [0, 0.1) is 17.3 Å². The van der Waals surface area contributed by atoms with Gasteiger partial charge in [-0.2, -0.15) is 0 Å². The van der Waals surface area contributed by atoms with Crippen molar-refractivity contribution < 1.29 is 0 Å². The third kappa shape index (κ3) is 1.41. The molecule has 0 spiro atoms. The molecule has 0 aromatic rings. The van der Waals surface area contributed by atoms with Crippen LogP contribution in [0.2, 0.25) is 0 Å². The van der Waals surface area contributed by atoms with E-state index in [1.807, 2.05) is 0 Å². The maximum absolute atomic E-state index is 2.46. The SMILES string of the molecule is CCCC(C)C1(CC)CCC1C. The smallest absolute Gasteiger partial charge is 0.0249 e. The summed E-state index contributed by atoms with van der Waals surface area (Å²) in [5.41, 5.74) is 0.732. The molecule has 0 aromatic carbocycles. The Hall–Kier alpha value is 0. The van der Waals surface area contributed by atoms with Crippen LogP contribution in [0.3, 0.4) is 0 Å². The highest BCUT2D eigenvalue weighted by molar-refractivity contribution is 4.95. The molecule has 0 heterocycles. The summed E-state index contributed by atoms with van der Waals surface area (Å²) >= 11 is 0. The fourth-order valence-electron chi connectivity index (χ4n) is 3.13. The van der Waals surface area contributed by atoms with Gasteiger partial charge in [0.25, 0.3) is 0 Å². The first-order chi connectivity index (χ1) is 5.67. The Kier molecular flexibility index (Phi) is 3.20. The summed E-state index contributed by atoms with van der Waals surface area (Å²) < 4.78 is 0. The van der Waals surface area contributed by atoms with Gasteiger partial charge in [0.05, 0.1) is 0 Å². The normalized spacial score (nSPS) is 37.5. The molecule has 0 radical (unpaired) electrons. The zero-order valence-electron chi connectivity index (χ0n) is 9.19. The lowest BCUT2D eigenvalue weighted by atomic mass is 9.53. The van der Waals surface area contributed by atoms with Gasteiger partial charge >= 0.3 is 0 Å². The lowest BCUT2D eigenvalue weighted by molar-refractivity contribution is -0.0223. The monoisotopic (exact) mass is 168 g/mol. The molecule has 72 valence electrons. The van der Waals surface area contributed by atoms with Gasteiger partial charge in [0, 0.05) is 0 Å². The maximum Gasteiger partial charge on any atom is -0.0249 e. The summed E-state index contributed by atoms with van der Waals surface area (Å²) in [5, 5.41) is 0. The Labute approximate surface area is 77.7 Å². The van der Waals surface area contributed by atoms with Crippen LogP contribution in [-0.2, 0) is 0 Å². The molecule has 0 aliphatic heterocycles. The summed E-state index contributed by atoms with van der Waals surface area (Å²) in [6.07, 6.45) is 7.15. The molecule has 1 saturated carbocycles. The van der Waals surface area contributed by atoms with E-state index in [2.05, 4.69) is 27.7 Å². The molecule has 3 atom stereocenters. The van der Waals surface area contributed by atoms with Gasteiger partial charge in [-0.3, -0.25) is 0 Å². The van der Waals surface area contributed by atoms with E-state index in [1.165, 1.54) is 32.1 Å². The summed E-state index contributed by atoms with van der Waals surface area (Å²) in [7, 11) is 0. The van der Waals surface area contributed by atoms with Crippen LogP contribution in [0.4, 0.5) is 0 Å². The van der Waals surface area contributed by atoms with Crippen molar-refractivity contribution in [3.05, 3.63) is 0 Å². The average molecular weight is 168 g/mol. The van der Waals surface area contributed by atoms with Gasteiger partial charge in [-0.05, 0) is 36.5 Å². The minimum atomic E-state index is 0.732. The van der Waals surface area contributed by atoms with Crippen molar-refractivity contribution in [3.63, 3.8) is 0 Å². The maximum atomic E-state index is 2.46. The van der Waals surface area contributed by atoms with Crippen LogP contribution in [-0.4, -0.2) is 0 Å². The van der Waals surface area contributed by atoms with Crippen LogP contribution in [0.25, 0.3) is 0 Å². The highest BCUT2D eigenvalue weighted by Gasteiger charge is 2.45. The van der Waals surface area contributed by atoms with Crippen molar-refractivity contribution in [1.82, 2.24) is 0 Å². The third-order valence-corrected chi connectivity index (χ3v) is 4.39. The molecule has 0 heteroatoms. The Morgan fingerprint density at radius 1 is 1.42 bits per heavy atom. The second kappa shape index (κ2) is 3.81. The molecule has 3 unspecified atom stereocenters. The van der Waals surface area contributed by atoms with Gasteiger partial charge in [-0.1, -0.05) is 40.5 Å². The van der Waals surface area contributed by atoms with Gasteiger partial charge < -0.3 is 0 Å². The Morgan fingerprint density at radius 3 is 2.33 bits per heavy atom. The van der Waals surface area contributed by atoms with Gasteiger partial charge in [0.15, 0.2) is 0 Å². The standard InChI is InChI=1S/C12H24/c1-5-7-10(3)12(6-2)9-8-11(12)4/h10-11H,5-9H2,1-4H3. The summed E-state index contributed by atoms with van der Waals surface area (Å²) in [6.45, 7) is 9.59. The van der Waals surface area contributed by atoms with E-state index in [0.29, 0.717) is 0 Å². The highest BCUT2D eigenvalue weighted by atomic mass is 14.5. The van der Waals surface area contributed by atoms with E-state index in [9.17, 15) is 0 Å². The van der Waals surface area contributed by atoms with Gasteiger partial charge in [0.2, 0.25) is 0 Å². The molecule has 0 amide bonds. The van der Waals surface area contributed by atoms with Crippen molar-refractivity contribution in [2.24, 2.45) is 17.3 Å². The summed E-state index contributed by atoms with van der Waals surface area (Å²) in [5.74, 6) is 1.94. The lowest BCUT2D eigenvalue weighted by Gasteiger charge is -2.52. The van der Waals surface area contributed by atoms with E-state index in [4.69, 9.17) is 0 Å². The molecule has 0 aromatic heterocycles. The van der Waals surface area contributed by atoms with E-state index < -0.39 is 0 Å². The zero-order valence-corrected chi connectivity index (χ0v) is 9.19. The number of rotatable bonds is 4. The first-order valence-electron chi connectivity index (χ1n) is 5.67. The molecule has 0 nitrogen and oxygen atoms in total. The summed E-state index contributed by atoms with van der Waals surface area (Å²) in [6, 6.07) is 0. The molecular weight excluding hydrogens is 144 g/mol. The quantitative estimate of drug-likeness (QED) is 0.588. The Bertz CT molecular complexity index is 135. The minimum absolute atomic E-state index is 0.732. The molecular formula is C12H24. The summed E-state index contributed by atoms with van der Waals surface area (Å²) in [4.78, 5) is 0. The van der Waals surface area contributed by atoms with Crippen molar-refractivity contribution >= 4 is 0 Å². The van der Waals surface area contributed by atoms with E-state index >= 15 is 0 Å². The zero-order chi connectivity index (χ0) is 9.19. The third-order valence-electron chi connectivity index (χ3n) is 4.39. The van der Waals surface area contributed by atoms with Crippen LogP contribution in [0.1, 0.15) is 59.8 Å². The van der Waals surface area contributed by atoms with Crippen molar-refractivity contribution in [3.8, 4) is 0 Å². The predicted molar refractivity (Wildman–Crippen MR) is 55.2 cm³/mol. The molecule has 0 bridgehead atoms. The van der Waals surface area contributed by atoms with Crippen molar-refractivity contribution in [2.45, 2.75) is 59.8 Å². The van der Waals surface area contributed by atoms with Crippen LogP contribution >= 0.6 is 0 Å². The molecule has 1 rings (SSSR count). The topological polar surface area (TPSA) is 0 Å². The van der Waals surface area contributed by atoms with E-state index in [1.54, 1.807) is 0 Å². The van der Waals surface area contributed by atoms with Crippen LogP contribution in [0.15, 0.2) is 0 Å². The minimum Gasteiger partial charge on any atom is -0.0654 e. The van der Waals surface area contributed by atoms with Crippen LogP contribution < -0.4 is 0 Å². The number of hydrogen-bond donors (Lipinski definition) is 0. The second-order valence-electron chi connectivity index (χ2n) is 4.72. The van der Waals surface area contributed by atoms with Crippen molar-refractivity contribution in [2.75, 3.05) is 0 Å². The second-order valence-corrected chi connectivity index (χ2v) is 4.72.